The summed E-state index contributed by atoms with van der Waals surface area (Å²) >= 11 is 0. The molecule has 0 unspecified atom stereocenters. The Kier molecular flexibility index (Phi) is 3.08. The number of pyridine rings is 1. The third-order valence-electron chi connectivity index (χ3n) is 1.58. The van der Waals surface area contributed by atoms with Gasteiger partial charge in [-0.05, 0) is 0 Å². The molecule has 16 heavy (non-hydrogen) atoms. The van der Waals surface area contributed by atoms with Crippen LogP contribution in [0.15, 0.2) is 6.20 Å². The van der Waals surface area contributed by atoms with E-state index in [0.29, 0.717) is 0 Å². The highest BCUT2D eigenvalue weighted by atomic mass is 19.4. The molecular weight excluding hydrogens is 227 g/mol. The number of nitrogens with zero attached hydrogens (tertiary/aromatic N) is 2. The Hall–Kier alpha value is -2.17. The van der Waals surface area contributed by atoms with Crippen molar-refractivity contribution in [1.29, 1.82) is 5.26 Å². The smallest absolute Gasteiger partial charge is 0.479 e. The lowest BCUT2D eigenvalue weighted by atomic mass is 10.2. The van der Waals surface area contributed by atoms with Crippen LogP contribution in [0.1, 0.15) is 5.56 Å². The summed E-state index contributed by atoms with van der Waals surface area (Å²) in [5, 5.41) is 8.66. The number of nitriles is 1. The van der Waals surface area contributed by atoms with Crippen molar-refractivity contribution < 1.29 is 22.6 Å². The minimum absolute atomic E-state index is 0.133. The average Bonchev–Trinajstić information content (AvgIpc) is 2.16. The molecule has 5 nitrogen and oxygen atoms in total. The zero-order chi connectivity index (χ0) is 12.3. The summed E-state index contributed by atoms with van der Waals surface area (Å²) in [7, 11) is 1.23. The Bertz CT molecular complexity index is 439. The molecule has 1 heterocycles. The fraction of sp³-hybridized carbons (Fsp3) is 0.250. The van der Waals surface area contributed by atoms with E-state index in [1.165, 1.54) is 13.2 Å². The number of methoxy groups -OCH3 is 1. The number of alkyl halides is 3. The van der Waals surface area contributed by atoms with Crippen molar-refractivity contribution in [2.75, 3.05) is 12.8 Å². The largest absolute Gasteiger partial charge is 0.573 e. The van der Waals surface area contributed by atoms with E-state index in [9.17, 15) is 13.2 Å². The van der Waals surface area contributed by atoms with Crippen LogP contribution in [0.2, 0.25) is 0 Å². The first kappa shape index (κ1) is 11.9. The monoisotopic (exact) mass is 233 g/mol. The Morgan fingerprint density at radius 1 is 1.50 bits per heavy atom. The number of aromatic nitrogens is 1. The molecule has 0 saturated carbocycles. The van der Waals surface area contributed by atoms with Gasteiger partial charge in [-0.2, -0.15) is 5.26 Å². The maximum absolute atomic E-state index is 11.9. The van der Waals surface area contributed by atoms with Gasteiger partial charge in [0.15, 0.2) is 5.75 Å². The molecule has 0 radical (unpaired) electrons. The van der Waals surface area contributed by atoms with Crippen molar-refractivity contribution in [1.82, 2.24) is 4.98 Å². The SMILES string of the molecule is COc1ncc(OC(F)(F)F)c(C#N)c1N. The first-order valence-corrected chi connectivity index (χ1v) is 3.87. The first-order chi connectivity index (χ1) is 7.39. The fourth-order valence-electron chi connectivity index (χ4n) is 0.971. The van der Waals surface area contributed by atoms with Crippen LogP contribution in [-0.2, 0) is 0 Å². The number of hydrogen-bond donors (Lipinski definition) is 1. The Labute approximate surface area is 88.2 Å². The molecule has 0 atom stereocenters. The molecule has 1 aromatic heterocycles. The average molecular weight is 233 g/mol. The molecule has 0 bridgehead atoms. The Morgan fingerprint density at radius 3 is 2.56 bits per heavy atom. The van der Waals surface area contributed by atoms with Gasteiger partial charge in [0.1, 0.15) is 17.3 Å². The first-order valence-electron chi connectivity index (χ1n) is 3.87. The lowest BCUT2D eigenvalue weighted by molar-refractivity contribution is -0.274. The maximum Gasteiger partial charge on any atom is 0.573 e. The van der Waals surface area contributed by atoms with E-state index in [-0.39, 0.29) is 11.6 Å². The molecule has 0 aromatic carbocycles. The number of rotatable bonds is 2. The van der Waals surface area contributed by atoms with Gasteiger partial charge in [-0.25, -0.2) is 4.98 Å². The van der Waals surface area contributed by atoms with Crippen molar-refractivity contribution in [3.63, 3.8) is 0 Å². The Balaban J connectivity index is 3.23. The van der Waals surface area contributed by atoms with Crippen molar-refractivity contribution in [3.05, 3.63) is 11.8 Å². The number of hydrogen-bond acceptors (Lipinski definition) is 5. The number of anilines is 1. The van der Waals surface area contributed by atoms with Crippen LogP contribution < -0.4 is 15.2 Å². The van der Waals surface area contributed by atoms with E-state index in [1.807, 2.05) is 0 Å². The summed E-state index contributed by atoms with van der Waals surface area (Å²) in [5.74, 6) is -0.889. The summed E-state index contributed by atoms with van der Waals surface area (Å²) in [6.45, 7) is 0. The molecule has 0 aliphatic rings. The predicted molar refractivity (Wildman–Crippen MR) is 46.6 cm³/mol. The summed E-state index contributed by atoms with van der Waals surface area (Å²) < 4.78 is 44.1. The maximum atomic E-state index is 11.9. The van der Waals surface area contributed by atoms with E-state index in [0.717, 1.165) is 6.20 Å². The number of nitrogen functional groups attached to an aromatic ring is 1. The van der Waals surface area contributed by atoms with E-state index < -0.39 is 17.7 Å². The third kappa shape index (κ3) is 2.44. The van der Waals surface area contributed by atoms with Gasteiger partial charge in [0.05, 0.1) is 13.3 Å². The highest BCUT2D eigenvalue weighted by Gasteiger charge is 2.33. The molecule has 0 amide bonds. The van der Waals surface area contributed by atoms with E-state index >= 15 is 0 Å². The van der Waals surface area contributed by atoms with Crippen LogP contribution in [0, 0.1) is 11.3 Å². The lowest BCUT2D eigenvalue weighted by Gasteiger charge is -2.12. The molecule has 86 valence electrons. The topological polar surface area (TPSA) is 81.2 Å². The van der Waals surface area contributed by atoms with Gasteiger partial charge in [0.2, 0.25) is 5.88 Å². The predicted octanol–water partition coefficient (Wildman–Crippen LogP) is 1.44. The third-order valence-corrected chi connectivity index (χ3v) is 1.58. The van der Waals surface area contributed by atoms with Crippen molar-refractivity contribution in [2.45, 2.75) is 6.36 Å². The van der Waals surface area contributed by atoms with Crippen LogP contribution in [0.5, 0.6) is 11.6 Å². The van der Waals surface area contributed by atoms with Gasteiger partial charge < -0.3 is 15.2 Å². The van der Waals surface area contributed by atoms with E-state index in [2.05, 4.69) is 14.5 Å². The summed E-state index contributed by atoms with van der Waals surface area (Å²) in [6.07, 6.45) is -4.18. The molecule has 1 aromatic rings. The van der Waals surface area contributed by atoms with Crippen molar-refractivity contribution in [2.24, 2.45) is 0 Å². The number of nitrogens with two attached hydrogens (primary N) is 1. The minimum Gasteiger partial charge on any atom is -0.479 e. The van der Waals surface area contributed by atoms with Crippen LogP contribution in [0.4, 0.5) is 18.9 Å². The van der Waals surface area contributed by atoms with Crippen LogP contribution >= 0.6 is 0 Å². The lowest BCUT2D eigenvalue weighted by Crippen LogP contribution is -2.18. The molecule has 2 N–H and O–H groups in total. The standard InChI is InChI=1S/C8H6F3N3O2/c1-15-7-6(13)4(2-12)5(3-14-7)16-8(9,10)11/h3H,13H2,1H3. The van der Waals surface area contributed by atoms with Gasteiger partial charge in [-0.3, -0.25) is 0 Å². The van der Waals surface area contributed by atoms with Crippen LogP contribution in [-0.4, -0.2) is 18.5 Å². The summed E-state index contributed by atoms with van der Waals surface area (Å²) in [4.78, 5) is 3.47. The molecule has 0 aliphatic carbocycles. The fourth-order valence-corrected chi connectivity index (χ4v) is 0.971. The summed E-state index contributed by atoms with van der Waals surface area (Å²) in [6, 6.07) is 1.49. The van der Waals surface area contributed by atoms with E-state index in [1.54, 1.807) is 0 Å². The highest BCUT2D eigenvalue weighted by molar-refractivity contribution is 5.65. The highest BCUT2D eigenvalue weighted by Crippen LogP contribution is 2.32. The Morgan fingerprint density at radius 2 is 2.12 bits per heavy atom. The van der Waals surface area contributed by atoms with Crippen molar-refractivity contribution >= 4 is 5.69 Å². The zero-order valence-corrected chi connectivity index (χ0v) is 8.00. The second-order valence-corrected chi connectivity index (χ2v) is 2.58. The second kappa shape index (κ2) is 4.14. The minimum atomic E-state index is -4.91. The molecule has 0 saturated heterocycles. The second-order valence-electron chi connectivity index (χ2n) is 2.58. The molecule has 0 aliphatic heterocycles. The van der Waals surface area contributed by atoms with Gasteiger partial charge in [0, 0.05) is 0 Å². The van der Waals surface area contributed by atoms with Gasteiger partial charge in [-0.1, -0.05) is 0 Å². The molecule has 0 spiro atoms. The van der Waals surface area contributed by atoms with Crippen LogP contribution in [0.3, 0.4) is 0 Å². The van der Waals surface area contributed by atoms with Gasteiger partial charge >= 0.3 is 6.36 Å². The van der Waals surface area contributed by atoms with Crippen LogP contribution in [0.25, 0.3) is 0 Å². The molecule has 8 heteroatoms. The van der Waals surface area contributed by atoms with Crippen molar-refractivity contribution in [3.8, 4) is 17.7 Å². The number of halogens is 3. The molecule has 0 fully saturated rings. The molecular formula is C8H6F3N3O2. The van der Waals surface area contributed by atoms with Gasteiger partial charge in [-0.15, -0.1) is 13.2 Å². The molecule has 1 rings (SSSR count). The quantitative estimate of drug-likeness (QED) is 0.835. The van der Waals surface area contributed by atoms with E-state index in [4.69, 9.17) is 11.0 Å². The summed E-state index contributed by atoms with van der Waals surface area (Å²) in [5.41, 5.74) is 4.60. The zero-order valence-electron chi connectivity index (χ0n) is 8.00. The normalized spacial score (nSPS) is 10.7. The van der Waals surface area contributed by atoms with Gasteiger partial charge in [0.25, 0.3) is 0 Å². The number of ether oxygens (including phenoxy) is 2.